The lowest BCUT2D eigenvalue weighted by molar-refractivity contribution is -0.134. The number of aromatic nitrogens is 2. The van der Waals surface area contributed by atoms with Crippen LogP contribution >= 0.6 is 0 Å². The Morgan fingerprint density at radius 3 is 2.59 bits per heavy atom. The van der Waals surface area contributed by atoms with Crippen molar-refractivity contribution in [2.24, 2.45) is 0 Å². The van der Waals surface area contributed by atoms with Crippen molar-refractivity contribution in [2.75, 3.05) is 39.5 Å². The highest BCUT2D eigenvalue weighted by Gasteiger charge is 2.13. The lowest BCUT2D eigenvalue weighted by atomic mass is 10.1. The van der Waals surface area contributed by atoms with Gasteiger partial charge < -0.3 is 19.7 Å². The number of nitrogens with zero attached hydrogens (tertiary/aromatic N) is 3. The molecular formula is C18H27N3O6. The fraction of sp³-hybridized carbons (Fsp3) is 0.611. The summed E-state index contributed by atoms with van der Waals surface area (Å²) in [6.07, 6.45) is 5.89. The van der Waals surface area contributed by atoms with Crippen LogP contribution in [-0.4, -0.2) is 76.3 Å². The van der Waals surface area contributed by atoms with E-state index < -0.39 is 11.9 Å². The number of fused-ring (bicyclic) bond motifs is 1. The maximum atomic E-state index is 9.55. The summed E-state index contributed by atoms with van der Waals surface area (Å²) in [4.78, 5) is 21.5. The van der Waals surface area contributed by atoms with Crippen LogP contribution in [-0.2, 0) is 27.3 Å². The maximum absolute atomic E-state index is 9.55. The fourth-order valence-corrected chi connectivity index (χ4v) is 2.91. The molecule has 9 heteroatoms. The lowest BCUT2D eigenvalue weighted by Gasteiger charge is -2.18. The van der Waals surface area contributed by atoms with Gasteiger partial charge >= 0.3 is 11.9 Å². The molecule has 0 atom stereocenters. The molecule has 0 unspecified atom stereocenters. The van der Waals surface area contributed by atoms with Gasteiger partial charge in [-0.05, 0) is 25.7 Å². The molecule has 0 saturated carbocycles. The summed E-state index contributed by atoms with van der Waals surface area (Å²) in [5, 5.41) is 20.1. The Morgan fingerprint density at radius 2 is 1.89 bits per heavy atom. The minimum absolute atomic E-state index is 0.558. The second kappa shape index (κ2) is 11.3. The Morgan fingerprint density at radius 1 is 1.11 bits per heavy atom. The average Bonchev–Trinajstić information content (AvgIpc) is 2.87. The van der Waals surface area contributed by atoms with Crippen LogP contribution in [0.2, 0.25) is 0 Å². The van der Waals surface area contributed by atoms with Crippen LogP contribution in [0, 0.1) is 0 Å². The van der Waals surface area contributed by atoms with Crippen molar-refractivity contribution < 1.29 is 29.3 Å². The SMILES string of the molecule is O=C(O)/C=C\C(=O)O.c1c(OCCN2CCCOCC2)nn2c1CCCC2. The third kappa shape index (κ3) is 8.23. The highest BCUT2D eigenvalue weighted by atomic mass is 16.5. The quantitative estimate of drug-likeness (QED) is 0.703. The number of rotatable bonds is 6. The molecule has 1 aromatic rings. The van der Waals surface area contributed by atoms with E-state index in [1.165, 1.54) is 18.5 Å². The summed E-state index contributed by atoms with van der Waals surface area (Å²) in [6.45, 7) is 6.60. The molecule has 0 aromatic carbocycles. The monoisotopic (exact) mass is 381 g/mol. The van der Waals surface area contributed by atoms with Gasteiger partial charge in [-0.15, -0.1) is 5.10 Å². The number of hydrogen-bond acceptors (Lipinski definition) is 6. The molecule has 0 aliphatic carbocycles. The molecule has 3 rings (SSSR count). The molecule has 27 heavy (non-hydrogen) atoms. The molecule has 1 saturated heterocycles. The topological polar surface area (TPSA) is 114 Å². The number of aliphatic carboxylic acids is 2. The molecule has 150 valence electrons. The summed E-state index contributed by atoms with van der Waals surface area (Å²) in [6, 6.07) is 2.10. The van der Waals surface area contributed by atoms with Gasteiger partial charge in [-0.25, -0.2) is 9.59 Å². The highest BCUT2D eigenvalue weighted by Crippen LogP contribution is 2.19. The van der Waals surface area contributed by atoms with Gasteiger partial charge in [-0.2, -0.15) is 0 Å². The maximum Gasteiger partial charge on any atom is 0.328 e. The molecule has 0 spiro atoms. The van der Waals surface area contributed by atoms with Gasteiger partial charge in [-0.1, -0.05) is 0 Å². The van der Waals surface area contributed by atoms with Crippen molar-refractivity contribution in [3.63, 3.8) is 0 Å². The van der Waals surface area contributed by atoms with Crippen LogP contribution in [0.1, 0.15) is 25.0 Å². The number of carboxylic acid groups (broad SMARTS) is 2. The predicted octanol–water partition coefficient (Wildman–Crippen LogP) is 1.03. The number of ether oxygens (including phenoxy) is 2. The Bertz CT molecular complexity index is 596. The van der Waals surface area contributed by atoms with E-state index >= 15 is 0 Å². The van der Waals surface area contributed by atoms with Gasteiger partial charge in [-0.3, -0.25) is 9.58 Å². The van der Waals surface area contributed by atoms with Crippen molar-refractivity contribution in [1.82, 2.24) is 14.7 Å². The summed E-state index contributed by atoms with van der Waals surface area (Å²) < 4.78 is 13.3. The van der Waals surface area contributed by atoms with Gasteiger partial charge in [0.25, 0.3) is 0 Å². The zero-order valence-corrected chi connectivity index (χ0v) is 15.4. The highest BCUT2D eigenvalue weighted by molar-refractivity contribution is 5.89. The van der Waals surface area contributed by atoms with Crippen LogP contribution in [0.25, 0.3) is 0 Å². The molecule has 0 radical (unpaired) electrons. The summed E-state index contributed by atoms with van der Waals surface area (Å²) in [7, 11) is 0. The summed E-state index contributed by atoms with van der Waals surface area (Å²) in [5.41, 5.74) is 1.32. The van der Waals surface area contributed by atoms with E-state index in [2.05, 4.69) is 20.7 Å². The van der Waals surface area contributed by atoms with Gasteiger partial charge in [0.2, 0.25) is 5.88 Å². The first kappa shape index (κ1) is 20.9. The van der Waals surface area contributed by atoms with E-state index in [0.29, 0.717) is 12.2 Å². The lowest BCUT2D eigenvalue weighted by Crippen LogP contribution is -2.30. The van der Waals surface area contributed by atoms with Gasteiger partial charge in [0.15, 0.2) is 0 Å². The van der Waals surface area contributed by atoms with Crippen LogP contribution in [0.3, 0.4) is 0 Å². The summed E-state index contributed by atoms with van der Waals surface area (Å²) >= 11 is 0. The molecule has 0 amide bonds. The molecule has 2 aliphatic rings. The van der Waals surface area contributed by atoms with Crippen LogP contribution < -0.4 is 4.74 Å². The molecular weight excluding hydrogens is 354 g/mol. The Labute approximate surface area is 158 Å². The second-order valence-electron chi connectivity index (χ2n) is 6.32. The molecule has 3 heterocycles. The van der Waals surface area contributed by atoms with Crippen molar-refractivity contribution >= 4 is 11.9 Å². The standard InChI is InChI=1S/C14H23N3O2.C4H4O4/c1-2-6-17-13(4-1)12-14(15-17)19-11-8-16-5-3-9-18-10-7-16;5-3(6)1-2-4(7)8/h12H,1-11H2;1-2H,(H,5,6)(H,7,8)/b;2-1-. The third-order valence-corrected chi connectivity index (χ3v) is 4.23. The van der Waals surface area contributed by atoms with Gasteiger partial charge in [0, 0.05) is 56.7 Å². The Hall–Kier alpha value is -2.39. The first-order valence-corrected chi connectivity index (χ1v) is 9.18. The Kier molecular flexibility index (Phi) is 8.79. The van der Waals surface area contributed by atoms with E-state index in [9.17, 15) is 9.59 Å². The van der Waals surface area contributed by atoms with Crippen molar-refractivity contribution in [3.05, 3.63) is 23.9 Å². The number of carbonyl (C=O) groups is 2. The van der Waals surface area contributed by atoms with Crippen molar-refractivity contribution in [2.45, 2.75) is 32.2 Å². The third-order valence-electron chi connectivity index (χ3n) is 4.23. The van der Waals surface area contributed by atoms with Gasteiger partial charge in [0.1, 0.15) is 6.61 Å². The zero-order chi connectivity index (χ0) is 19.5. The minimum atomic E-state index is -1.26. The first-order chi connectivity index (χ1) is 13.0. The number of hydrogen-bond donors (Lipinski definition) is 2. The number of carboxylic acids is 2. The van der Waals surface area contributed by atoms with Crippen molar-refractivity contribution in [1.29, 1.82) is 0 Å². The van der Waals surface area contributed by atoms with Crippen LogP contribution in [0.4, 0.5) is 0 Å². The van der Waals surface area contributed by atoms with Gasteiger partial charge in [0.05, 0.1) is 6.61 Å². The predicted molar refractivity (Wildman–Crippen MR) is 96.9 cm³/mol. The average molecular weight is 381 g/mol. The molecule has 0 bridgehead atoms. The van der Waals surface area contributed by atoms with E-state index in [1.54, 1.807) is 0 Å². The zero-order valence-electron chi connectivity index (χ0n) is 15.4. The first-order valence-electron chi connectivity index (χ1n) is 9.18. The normalized spacial score (nSPS) is 17.5. The summed E-state index contributed by atoms with van der Waals surface area (Å²) in [5.74, 6) is -1.72. The minimum Gasteiger partial charge on any atom is -0.478 e. The Balaban J connectivity index is 0.000000279. The van der Waals surface area contributed by atoms with E-state index in [-0.39, 0.29) is 0 Å². The smallest absolute Gasteiger partial charge is 0.328 e. The largest absolute Gasteiger partial charge is 0.478 e. The molecule has 1 aromatic heterocycles. The number of aryl methyl sites for hydroxylation is 2. The van der Waals surface area contributed by atoms with E-state index in [4.69, 9.17) is 19.7 Å². The van der Waals surface area contributed by atoms with Crippen LogP contribution in [0.15, 0.2) is 18.2 Å². The van der Waals surface area contributed by atoms with Crippen LogP contribution in [0.5, 0.6) is 5.88 Å². The van der Waals surface area contributed by atoms with Crippen molar-refractivity contribution in [3.8, 4) is 5.88 Å². The second-order valence-corrected chi connectivity index (χ2v) is 6.32. The fourth-order valence-electron chi connectivity index (χ4n) is 2.91. The molecule has 2 aliphatic heterocycles. The van der Waals surface area contributed by atoms with E-state index in [1.807, 2.05) is 0 Å². The molecule has 2 N–H and O–H groups in total. The van der Waals surface area contributed by atoms with E-state index in [0.717, 1.165) is 64.7 Å². The molecule has 9 nitrogen and oxygen atoms in total. The molecule has 1 fully saturated rings.